The minimum Gasteiger partial charge on any atom is -0.332 e. The Labute approximate surface area is 144 Å². The molecule has 7 heteroatoms. The van der Waals surface area contributed by atoms with E-state index in [1.165, 1.54) is 17.8 Å². The van der Waals surface area contributed by atoms with Crippen LogP contribution in [0.5, 0.6) is 0 Å². The number of hydrogen-bond donors (Lipinski definition) is 0. The topological polar surface area (TPSA) is 63.9 Å². The number of rotatable bonds is 6. The van der Waals surface area contributed by atoms with E-state index in [0.29, 0.717) is 6.54 Å². The van der Waals surface area contributed by atoms with E-state index in [0.717, 1.165) is 28.6 Å². The molecule has 0 aliphatic carbocycles. The molecule has 1 atom stereocenters. The molecule has 2 aromatic heterocycles. The molecule has 3 aromatic rings. The molecular formula is C17H19N5OS. The minimum atomic E-state index is -0.0807. The number of hydrogen-bond acceptors (Lipinski definition) is 5. The van der Waals surface area contributed by atoms with Gasteiger partial charge in [-0.15, -0.1) is 0 Å². The zero-order chi connectivity index (χ0) is 17.1. The minimum absolute atomic E-state index is 0.0314. The number of fused-ring (bicyclic) bond motifs is 1. The van der Waals surface area contributed by atoms with Gasteiger partial charge in [0.15, 0.2) is 0 Å². The van der Waals surface area contributed by atoms with Gasteiger partial charge in [0, 0.05) is 25.8 Å². The quantitative estimate of drug-likeness (QED) is 0.647. The first-order valence-electron chi connectivity index (χ1n) is 7.68. The van der Waals surface area contributed by atoms with Crippen molar-refractivity contribution >= 4 is 28.7 Å². The fourth-order valence-corrected chi connectivity index (χ4v) is 3.24. The Kier molecular flexibility index (Phi) is 4.71. The van der Waals surface area contributed by atoms with Crippen molar-refractivity contribution in [1.29, 1.82) is 0 Å². The van der Waals surface area contributed by atoms with E-state index in [1.54, 1.807) is 4.68 Å². The van der Waals surface area contributed by atoms with Crippen molar-refractivity contribution < 1.29 is 4.79 Å². The highest BCUT2D eigenvalue weighted by Gasteiger charge is 2.19. The molecule has 0 bridgehead atoms. The second-order valence-corrected chi connectivity index (χ2v) is 6.36. The maximum atomic E-state index is 12.3. The fourth-order valence-electron chi connectivity index (χ4n) is 2.72. The van der Waals surface area contributed by atoms with E-state index < -0.39 is 0 Å². The van der Waals surface area contributed by atoms with Crippen LogP contribution in [0.1, 0.15) is 18.1 Å². The van der Waals surface area contributed by atoms with Crippen LogP contribution in [-0.4, -0.2) is 35.4 Å². The predicted molar refractivity (Wildman–Crippen MR) is 94.5 cm³/mol. The van der Waals surface area contributed by atoms with Crippen LogP contribution in [0.25, 0.3) is 11.0 Å². The van der Waals surface area contributed by atoms with Gasteiger partial charge in [0.25, 0.3) is 0 Å². The van der Waals surface area contributed by atoms with Crippen molar-refractivity contribution in [2.45, 2.75) is 25.9 Å². The molecule has 1 aromatic carbocycles. The van der Waals surface area contributed by atoms with Gasteiger partial charge in [-0.2, -0.15) is 13.8 Å². The van der Waals surface area contributed by atoms with Crippen molar-refractivity contribution in [2.24, 2.45) is 7.05 Å². The monoisotopic (exact) mass is 341 g/mol. The van der Waals surface area contributed by atoms with Crippen molar-refractivity contribution in [1.82, 2.24) is 23.4 Å². The summed E-state index contributed by atoms with van der Waals surface area (Å²) in [4.78, 5) is 14.1. The van der Waals surface area contributed by atoms with Gasteiger partial charge in [-0.05, 0) is 42.7 Å². The largest absolute Gasteiger partial charge is 0.332 e. The smallest absolute Gasteiger partial charge is 0.246 e. The summed E-state index contributed by atoms with van der Waals surface area (Å²) < 4.78 is 10.2. The van der Waals surface area contributed by atoms with Gasteiger partial charge >= 0.3 is 0 Å². The molecule has 0 aliphatic heterocycles. The summed E-state index contributed by atoms with van der Waals surface area (Å²) in [5.74, 6) is -0.0807. The van der Waals surface area contributed by atoms with Gasteiger partial charge in [0.05, 0.1) is 17.9 Å². The van der Waals surface area contributed by atoms with Gasteiger partial charge in [0.1, 0.15) is 11.0 Å². The zero-order valence-electron chi connectivity index (χ0n) is 13.7. The van der Waals surface area contributed by atoms with Crippen LogP contribution in [0.4, 0.5) is 0 Å². The maximum absolute atomic E-state index is 12.3. The summed E-state index contributed by atoms with van der Waals surface area (Å²) in [6.07, 6.45) is 5.91. The Morgan fingerprint density at radius 3 is 2.88 bits per heavy atom. The first-order valence-corrected chi connectivity index (χ1v) is 8.41. The lowest BCUT2D eigenvalue weighted by Gasteiger charge is -2.28. The second-order valence-electron chi connectivity index (χ2n) is 5.83. The molecule has 0 saturated heterocycles. The van der Waals surface area contributed by atoms with E-state index in [9.17, 15) is 4.79 Å². The summed E-state index contributed by atoms with van der Waals surface area (Å²) in [6, 6.07) is 5.95. The van der Waals surface area contributed by atoms with Crippen molar-refractivity contribution in [3.8, 4) is 0 Å². The second kappa shape index (κ2) is 6.92. The van der Waals surface area contributed by atoms with E-state index in [-0.39, 0.29) is 11.9 Å². The molecule has 24 heavy (non-hydrogen) atoms. The Morgan fingerprint density at radius 2 is 2.17 bits per heavy atom. The SMILES string of the molecule is C=CC(=O)N(Cc1ccc2nsnc2c1)C(C)Cc1cnn(C)c1. The number of nitrogens with zero attached hydrogens (tertiary/aromatic N) is 5. The van der Waals surface area contributed by atoms with Crippen LogP contribution in [0, 0.1) is 0 Å². The number of benzene rings is 1. The predicted octanol–water partition coefficient (Wildman–Crippen LogP) is 2.57. The lowest BCUT2D eigenvalue weighted by molar-refractivity contribution is -0.128. The van der Waals surface area contributed by atoms with Crippen LogP contribution in [0.3, 0.4) is 0 Å². The zero-order valence-corrected chi connectivity index (χ0v) is 14.5. The first kappa shape index (κ1) is 16.3. The van der Waals surface area contributed by atoms with Crippen LogP contribution >= 0.6 is 11.7 Å². The molecule has 0 radical (unpaired) electrons. The van der Waals surface area contributed by atoms with Crippen LogP contribution in [0.15, 0.2) is 43.2 Å². The fraction of sp³-hybridized carbons (Fsp3) is 0.294. The number of aryl methyl sites for hydroxylation is 1. The molecule has 0 N–H and O–H groups in total. The molecule has 1 unspecified atom stereocenters. The maximum Gasteiger partial charge on any atom is 0.246 e. The molecular weight excluding hydrogens is 322 g/mol. The van der Waals surface area contributed by atoms with Gasteiger partial charge in [-0.1, -0.05) is 12.6 Å². The summed E-state index contributed by atoms with van der Waals surface area (Å²) in [5, 5.41) is 4.19. The highest BCUT2D eigenvalue weighted by molar-refractivity contribution is 7.00. The molecule has 6 nitrogen and oxygen atoms in total. The molecule has 0 aliphatic rings. The van der Waals surface area contributed by atoms with Gasteiger partial charge in [0.2, 0.25) is 5.91 Å². The molecule has 2 heterocycles. The summed E-state index contributed by atoms with van der Waals surface area (Å²) in [5.41, 5.74) is 3.88. The number of carbonyl (C=O) groups is 1. The van der Waals surface area contributed by atoms with Crippen molar-refractivity contribution in [3.05, 3.63) is 54.4 Å². The summed E-state index contributed by atoms with van der Waals surface area (Å²) in [6.45, 7) is 6.18. The van der Waals surface area contributed by atoms with Crippen LogP contribution in [-0.2, 0) is 24.8 Å². The average Bonchev–Trinajstić information content (AvgIpc) is 3.20. The Bertz CT molecular complexity index is 869. The molecule has 0 fully saturated rings. The number of carbonyl (C=O) groups excluding carboxylic acids is 1. The first-order chi connectivity index (χ1) is 11.6. The van der Waals surface area contributed by atoms with Gasteiger partial charge < -0.3 is 4.90 Å². The number of amides is 1. The Hall–Kier alpha value is -2.54. The van der Waals surface area contributed by atoms with Crippen molar-refractivity contribution in [3.63, 3.8) is 0 Å². The number of aromatic nitrogens is 4. The third kappa shape index (κ3) is 3.51. The van der Waals surface area contributed by atoms with E-state index >= 15 is 0 Å². The van der Waals surface area contributed by atoms with Gasteiger partial charge in [-0.3, -0.25) is 9.48 Å². The lowest BCUT2D eigenvalue weighted by Crippen LogP contribution is -2.38. The van der Waals surface area contributed by atoms with Crippen LogP contribution in [0.2, 0.25) is 0 Å². The Balaban J connectivity index is 1.79. The molecule has 3 rings (SSSR count). The molecule has 124 valence electrons. The van der Waals surface area contributed by atoms with Gasteiger partial charge in [-0.25, -0.2) is 0 Å². The molecule has 0 spiro atoms. The van der Waals surface area contributed by atoms with E-state index in [1.807, 2.05) is 49.5 Å². The third-order valence-electron chi connectivity index (χ3n) is 3.95. The summed E-state index contributed by atoms with van der Waals surface area (Å²) >= 11 is 1.20. The highest BCUT2D eigenvalue weighted by Crippen LogP contribution is 2.18. The summed E-state index contributed by atoms with van der Waals surface area (Å²) in [7, 11) is 1.89. The van der Waals surface area contributed by atoms with E-state index in [2.05, 4.69) is 20.4 Å². The Morgan fingerprint density at radius 1 is 1.38 bits per heavy atom. The lowest BCUT2D eigenvalue weighted by atomic mass is 10.1. The van der Waals surface area contributed by atoms with E-state index in [4.69, 9.17) is 0 Å². The van der Waals surface area contributed by atoms with Crippen molar-refractivity contribution in [2.75, 3.05) is 0 Å². The average molecular weight is 341 g/mol. The van der Waals surface area contributed by atoms with Crippen LogP contribution < -0.4 is 0 Å². The normalized spacial score (nSPS) is 12.2. The standard InChI is InChI=1S/C17H19N5OS/c1-4-17(23)22(12(2)7-14-9-18-21(3)10-14)11-13-5-6-15-16(8-13)20-24-19-15/h4-6,8-10,12H,1,7,11H2,2-3H3. The highest BCUT2D eigenvalue weighted by atomic mass is 32.1. The molecule has 0 saturated carbocycles. The third-order valence-corrected chi connectivity index (χ3v) is 4.51. The molecule has 1 amide bonds.